The fourth-order valence-corrected chi connectivity index (χ4v) is 23.8. The first-order chi connectivity index (χ1) is 60.8. The van der Waals surface area contributed by atoms with Crippen molar-refractivity contribution in [1.29, 1.82) is 0 Å². The first kappa shape index (κ1) is 92.5. The van der Waals surface area contributed by atoms with Crippen LogP contribution in [-0.2, 0) is 104 Å². The fourth-order valence-electron chi connectivity index (χ4n) is 17.3. The fraction of sp³-hybridized carbons (Fsp3) is 0.464. The SMILES string of the molecule is CCc1ccc(N(C2CCCC2)S(=O)(=O)c2ccc3c(cnn3CC3CCOCC3)c2)cc1.CCc1ccc(N(CC(C)C)S(=O)(=O)c2ccc3[nH]nc(N)c3c2)cc1.CCc1ccc(N(CC2CCOC2)S(=O)(=O)c2ccc3c(cnn3CC3CCOCC3)c2)cc1.CCc1ccc(N(CCC(C)C)S(=O)(=O)c2ccc3c(cnn3CC3CCOCC3)c2)cc1. The number of anilines is 5. The monoisotopic (exact) mass is 1790 g/mol. The Morgan fingerprint density at radius 3 is 1.16 bits per heavy atom. The summed E-state index contributed by atoms with van der Waals surface area (Å²) in [5.41, 5.74) is 17.1. The van der Waals surface area contributed by atoms with Crippen LogP contribution < -0.4 is 23.0 Å². The summed E-state index contributed by atoms with van der Waals surface area (Å²) < 4.78 is 144. The molecule has 3 N–H and O–H groups in total. The van der Waals surface area contributed by atoms with Gasteiger partial charge in [-0.1, -0.05) is 117 Å². The summed E-state index contributed by atoms with van der Waals surface area (Å²) in [4.78, 5) is 1.15. The Bertz CT molecular complexity index is 6050. The van der Waals surface area contributed by atoms with Crippen LogP contribution in [0.5, 0.6) is 0 Å². The van der Waals surface area contributed by atoms with Crippen LogP contribution in [0.4, 0.5) is 28.6 Å². The zero-order valence-corrected chi connectivity index (χ0v) is 77.4. The summed E-state index contributed by atoms with van der Waals surface area (Å²) in [5.74, 6) is 2.70. The van der Waals surface area contributed by atoms with E-state index in [4.69, 9.17) is 24.7 Å². The van der Waals surface area contributed by atoms with Crippen molar-refractivity contribution in [3.8, 4) is 0 Å². The van der Waals surface area contributed by atoms with Crippen LogP contribution in [0.1, 0.15) is 155 Å². The first-order valence-electron chi connectivity index (χ1n) is 45.2. The van der Waals surface area contributed by atoms with Crippen LogP contribution in [0.3, 0.4) is 0 Å². The van der Waals surface area contributed by atoms with Gasteiger partial charge in [-0.3, -0.25) is 36.4 Å². The molecule has 1 atom stereocenters. The van der Waals surface area contributed by atoms with Gasteiger partial charge in [-0.05, 0) is 263 Å². The number of benzene rings is 8. The van der Waals surface area contributed by atoms with Gasteiger partial charge in [-0.25, -0.2) is 33.7 Å². The van der Waals surface area contributed by atoms with Gasteiger partial charge in [0.15, 0.2) is 5.82 Å². The van der Waals surface area contributed by atoms with Crippen LogP contribution in [0.2, 0.25) is 0 Å². The van der Waals surface area contributed by atoms with E-state index in [1.165, 1.54) is 26.6 Å². The third kappa shape index (κ3) is 22.2. The Labute approximate surface area is 744 Å². The third-order valence-corrected chi connectivity index (χ3v) is 32.4. The average Bonchev–Trinajstić information content (AvgIpc) is 1.46. The van der Waals surface area contributed by atoms with E-state index < -0.39 is 40.1 Å². The molecule has 4 aliphatic heterocycles. The van der Waals surface area contributed by atoms with E-state index in [0.29, 0.717) is 105 Å². The highest BCUT2D eigenvalue weighted by atomic mass is 32.2. The molecule has 126 heavy (non-hydrogen) atoms. The molecule has 1 unspecified atom stereocenters. The van der Waals surface area contributed by atoms with Gasteiger partial charge in [-0.2, -0.15) is 20.4 Å². The number of hydrogen-bond donors (Lipinski definition) is 2. The maximum Gasteiger partial charge on any atom is 0.264 e. The summed E-state index contributed by atoms with van der Waals surface area (Å²) >= 11 is 0. The van der Waals surface area contributed by atoms with Crippen LogP contribution in [-0.4, -0.2) is 152 Å². The molecule has 5 fully saturated rings. The molecule has 12 aromatic rings. The predicted octanol–water partition coefficient (Wildman–Crippen LogP) is 18.2. The van der Waals surface area contributed by atoms with Crippen molar-refractivity contribution < 1.29 is 52.6 Å². The maximum absolute atomic E-state index is 13.9. The van der Waals surface area contributed by atoms with Gasteiger partial charge in [0.1, 0.15) is 0 Å². The Kier molecular flexibility index (Phi) is 30.8. The van der Waals surface area contributed by atoms with Gasteiger partial charge >= 0.3 is 0 Å². The van der Waals surface area contributed by atoms with E-state index in [-0.39, 0.29) is 22.8 Å². The van der Waals surface area contributed by atoms with Crippen molar-refractivity contribution in [2.24, 2.45) is 35.5 Å². The van der Waals surface area contributed by atoms with Crippen molar-refractivity contribution in [3.63, 3.8) is 0 Å². The zero-order chi connectivity index (χ0) is 88.7. The van der Waals surface area contributed by atoms with Gasteiger partial charge < -0.3 is 24.7 Å². The molecule has 674 valence electrons. The highest BCUT2D eigenvalue weighted by molar-refractivity contribution is 7.93. The van der Waals surface area contributed by atoms with Gasteiger partial charge in [0.05, 0.1) is 89.6 Å². The Morgan fingerprint density at radius 2 is 0.762 bits per heavy atom. The lowest BCUT2D eigenvalue weighted by Crippen LogP contribution is -2.39. The number of sulfonamides is 4. The summed E-state index contributed by atoms with van der Waals surface area (Å²) in [6, 6.07) is 52.4. The maximum atomic E-state index is 13.9. The number of nitrogens with zero attached hydrogens (tertiary/aromatic N) is 11. The second-order valence-corrected chi connectivity index (χ2v) is 42.3. The van der Waals surface area contributed by atoms with Gasteiger partial charge in [0.25, 0.3) is 40.1 Å². The molecule has 1 saturated carbocycles. The molecule has 4 saturated heterocycles. The van der Waals surface area contributed by atoms with E-state index >= 15 is 0 Å². The quantitative estimate of drug-likeness (QED) is 0.0423. The summed E-state index contributed by atoms with van der Waals surface area (Å²) in [6.45, 7) is 26.5. The Hall–Kier alpha value is -9.72. The van der Waals surface area contributed by atoms with Gasteiger partial charge in [-0.15, -0.1) is 0 Å². The van der Waals surface area contributed by atoms with E-state index in [9.17, 15) is 33.7 Å². The highest BCUT2D eigenvalue weighted by Gasteiger charge is 2.36. The van der Waals surface area contributed by atoms with Crippen molar-refractivity contribution in [1.82, 2.24) is 39.5 Å². The molecule has 1 aliphatic carbocycles. The number of fused-ring (bicyclic) bond motifs is 4. The van der Waals surface area contributed by atoms with E-state index in [1.54, 1.807) is 86.1 Å². The lowest BCUT2D eigenvalue weighted by Gasteiger charge is -2.30. The van der Waals surface area contributed by atoms with E-state index in [0.717, 1.165) is 200 Å². The summed E-state index contributed by atoms with van der Waals surface area (Å²) in [5, 5.41) is 23.6. The molecule has 0 spiro atoms. The molecule has 8 heterocycles. The number of aryl methyl sites for hydroxylation is 4. The molecule has 0 amide bonds. The minimum Gasteiger partial charge on any atom is -0.382 e. The molecule has 0 bridgehead atoms. The molecule has 25 nitrogen and oxygen atoms in total. The number of nitrogens with two attached hydrogens (primary N) is 1. The van der Waals surface area contributed by atoms with E-state index in [1.807, 2.05) is 143 Å². The minimum atomic E-state index is -3.75. The third-order valence-electron chi connectivity index (χ3n) is 25.1. The number of ether oxygens (including phenoxy) is 4. The van der Waals surface area contributed by atoms with Crippen LogP contribution in [0, 0.1) is 35.5 Å². The Morgan fingerprint density at radius 1 is 0.405 bits per heavy atom. The van der Waals surface area contributed by atoms with Crippen molar-refractivity contribution >= 4 is 112 Å². The number of aromatic amines is 1. The topological polar surface area (TPSA) is 295 Å². The lowest BCUT2D eigenvalue weighted by molar-refractivity contribution is 0.0604. The highest BCUT2D eigenvalue weighted by Crippen LogP contribution is 2.38. The van der Waals surface area contributed by atoms with E-state index in [2.05, 4.69) is 67.0 Å². The van der Waals surface area contributed by atoms with Crippen molar-refractivity contribution in [3.05, 3.63) is 211 Å². The summed E-state index contributed by atoms with van der Waals surface area (Å²) in [6.07, 6.45) is 20.9. The number of nitrogens with one attached hydrogen (secondary N) is 1. The molecule has 8 aromatic carbocycles. The largest absolute Gasteiger partial charge is 0.382 e. The molecule has 17 rings (SSSR count). The van der Waals surface area contributed by atoms with Crippen molar-refractivity contribution in [2.45, 2.75) is 203 Å². The molecule has 29 heteroatoms. The van der Waals surface area contributed by atoms with Crippen LogP contribution >= 0.6 is 0 Å². The van der Waals surface area contributed by atoms with Crippen molar-refractivity contribution in [2.75, 3.05) is 95.4 Å². The van der Waals surface area contributed by atoms with Crippen LogP contribution in [0.25, 0.3) is 43.6 Å². The standard InChI is InChI=1S/C26H33N3O4S.C26H33N3O3S.C26H35N3O3S.C19H24N4O2S/c1-2-20-3-5-24(6-4-20)29(18-22-11-14-33-19-22)34(30,31)25-7-8-26-23(15-25)16-27-28(26)17-21-9-12-32-13-10-21;1-2-20-7-9-24(10-8-20)29(23-5-3-4-6-23)33(30,31)25-11-12-26-22(17-25)18-27-28(26)19-21-13-15-32-16-14-21;1-4-21-5-7-24(8-6-21)29(14-11-20(2)3)33(30,31)25-9-10-26-23(17-25)18-27-28(26)19-22-12-15-32-16-13-22;1-4-14-5-7-15(8-6-14)23(12-13(2)3)26(24,25)16-9-10-18-17(11-16)19(20)22-21-18/h3-8,15-16,21-22H,2,9-14,17-19H2,1H3;7-12,17-18,21,23H,2-6,13-16,19H2,1H3;5-10,17-18,20,22H,4,11-16,19H2,1-3H3;5-11,13H,4,12H2,1-3H3,(H3,20,21,22). The molecule has 0 radical (unpaired) electrons. The number of rotatable bonds is 30. The number of aromatic nitrogens is 8. The summed E-state index contributed by atoms with van der Waals surface area (Å²) in [7, 11) is -14.9. The smallest absolute Gasteiger partial charge is 0.264 e. The first-order valence-corrected chi connectivity index (χ1v) is 51.0. The molecule has 4 aromatic heterocycles. The second kappa shape index (κ2) is 42.0. The predicted molar refractivity (Wildman–Crippen MR) is 502 cm³/mol. The molecular weight excluding hydrogens is 1670 g/mol. The Balaban J connectivity index is 0.000000137. The number of nitrogen functional groups attached to an aromatic ring is 1. The average molecular weight is 1790 g/mol. The number of H-pyrrole nitrogens is 1. The number of hydrogen-bond acceptors (Lipinski definition) is 17. The molecular formula is C97H125N13O12S4. The van der Waals surface area contributed by atoms with Gasteiger partial charge in [0, 0.05) is 119 Å². The second-order valence-electron chi connectivity index (χ2n) is 34.9. The molecule has 5 aliphatic rings. The van der Waals surface area contributed by atoms with Gasteiger partial charge in [0.2, 0.25) is 0 Å². The van der Waals surface area contributed by atoms with Crippen LogP contribution in [0.15, 0.2) is 208 Å². The minimum absolute atomic E-state index is 0.00872. The normalized spacial score (nSPS) is 16.6. The zero-order valence-electron chi connectivity index (χ0n) is 74.2. The lowest BCUT2D eigenvalue weighted by atomic mass is 10.0.